The lowest BCUT2D eigenvalue weighted by Gasteiger charge is -2.27. The van der Waals surface area contributed by atoms with Gasteiger partial charge in [0.05, 0.1) is 7.11 Å². The third-order valence-corrected chi connectivity index (χ3v) is 5.95. The van der Waals surface area contributed by atoms with E-state index in [1.54, 1.807) is 7.11 Å². The molecule has 0 unspecified atom stereocenters. The van der Waals surface area contributed by atoms with Gasteiger partial charge in [-0.15, -0.1) is 0 Å². The molecule has 1 fully saturated rings. The van der Waals surface area contributed by atoms with Crippen molar-refractivity contribution in [2.75, 3.05) is 13.4 Å². The molecule has 0 radical (unpaired) electrons. The molecule has 1 aliphatic carbocycles. The Balaban J connectivity index is 1.69. The number of methoxy groups -OCH3 is 1. The number of ether oxygens (including phenoxy) is 1. The number of thioether (sulfide) groups is 1. The fourth-order valence-electron chi connectivity index (χ4n) is 3.36. The van der Waals surface area contributed by atoms with E-state index in [1.165, 1.54) is 42.4 Å². The summed E-state index contributed by atoms with van der Waals surface area (Å²) in [7, 11) is 1.70. The van der Waals surface area contributed by atoms with Gasteiger partial charge in [0.25, 0.3) is 0 Å². The maximum atomic E-state index is 5.22. The monoisotopic (exact) mass is 312 g/mol. The van der Waals surface area contributed by atoms with Gasteiger partial charge in [0, 0.05) is 5.25 Å². The smallest absolute Gasteiger partial charge is 0.118 e. The van der Waals surface area contributed by atoms with Gasteiger partial charge in [-0.05, 0) is 66.7 Å². The lowest BCUT2D eigenvalue weighted by atomic mass is 9.83. The molecule has 1 saturated carbocycles. The Morgan fingerprint density at radius 3 is 1.86 bits per heavy atom. The van der Waals surface area contributed by atoms with E-state index in [2.05, 4.69) is 42.7 Å². The fourth-order valence-corrected chi connectivity index (χ4v) is 4.11. The molecule has 116 valence electrons. The predicted octanol–water partition coefficient (Wildman–Crippen LogP) is 5.75. The minimum absolute atomic E-state index is 0.758. The van der Waals surface area contributed by atoms with Crippen molar-refractivity contribution in [1.82, 2.24) is 0 Å². The van der Waals surface area contributed by atoms with Crippen LogP contribution in [0.5, 0.6) is 5.75 Å². The van der Waals surface area contributed by atoms with Crippen molar-refractivity contribution in [1.29, 1.82) is 0 Å². The first-order valence-corrected chi connectivity index (χ1v) is 9.36. The van der Waals surface area contributed by atoms with Crippen LogP contribution in [0, 0.1) is 0 Å². The number of hydrogen-bond donors (Lipinski definition) is 0. The van der Waals surface area contributed by atoms with Crippen molar-refractivity contribution in [3.63, 3.8) is 0 Å². The van der Waals surface area contributed by atoms with Crippen molar-refractivity contribution < 1.29 is 4.74 Å². The molecule has 2 heteroatoms. The summed E-state index contributed by atoms with van der Waals surface area (Å²) in [5.41, 5.74) is 4.04. The molecule has 0 heterocycles. The van der Waals surface area contributed by atoms with E-state index in [4.69, 9.17) is 4.74 Å². The van der Waals surface area contributed by atoms with Crippen molar-refractivity contribution in [2.24, 2.45) is 0 Å². The normalized spacial score (nSPS) is 21.5. The van der Waals surface area contributed by atoms with Crippen LogP contribution in [-0.2, 0) is 0 Å². The van der Waals surface area contributed by atoms with Crippen molar-refractivity contribution in [3.8, 4) is 16.9 Å². The Morgan fingerprint density at radius 1 is 0.818 bits per heavy atom. The molecule has 0 N–H and O–H groups in total. The molecular weight excluding hydrogens is 288 g/mol. The van der Waals surface area contributed by atoms with Crippen LogP contribution < -0.4 is 4.74 Å². The Morgan fingerprint density at radius 2 is 1.36 bits per heavy atom. The topological polar surface area (TPSA) is 9.23 Å². The molecule has 0 aliphatic heterocycles. The summed E-state index contributed by atoms with van der Waals surface area (Å²) < 4.78 is 5.22. The Hall–Kier alpha value is -1.41. The molecule has 22 heavy (non-hydrogen) atoms. The summed E-state index contributed by atoms with van der Waals surface area (Å²) in [5, 5.41) is 0.884. The van der Waals surface area contributed by atoms with Crippen LogP contribution in [-0.4, -0.2) is 18.6 Å². The average molecular weight is 312 g/mol. The van der Waals surface area contributed by atoms with Crippen LogP contribution in [0.25, 0.3) is 11.1 Å². The summed E-state index contributed by atoms with van der Waals surface area (Å²) in [6.45, 7) is 0. The van der Waals surface area contributed by atoms with Gasteiger partial charge >= 0.3 is 0 Å². The molecule has 2 aromatic carbocycles. The van der Waals surface area contributed by atoms with Crippen LogP contribution in [0.15, 0.2) is 48.5 Å². The van der Waals surface area contributed by atoms with E-state index in [0.29, 0.717) is 0 Å². The zero-order valence-electron chi connectivity index (χ0n) is 13.4. The van der Waals surface area contributed by atoms with E-state index in [0.717, 1.165) is 16.9 Å². The first-order chi connectivity index (χ1) is 10.8. The van der Waals surface area contributed by atoms with Gasteiger partial charge in [-0.3, -0.25) is 0 Å². The van der Waals surface area contributed by atoms with E-state index in [9.17, 15) is 0 Å². The SMILES string of the molecule is COc1ccc(-c2ccc(C3CCC(SC)CC3)cc2)cc1. The van der Waals surface area contributed by atoms with Gasteiger partial charge in [0.15, 0.2) is 0 Å². The summed E-state index contributed by atoms with van der Waals surface area (Å²) in [6.07, 6.45) is 7.66. The van der Waals surface area contributed by atoms with E-state index in [-0.39, 0.29) is 0 Å². The summed E-state index contributed by atoms with van der Waals surface area (Å²) in [6, 6.07) is 17.5. The van der Waals surface area contributed by atoms with Crippen LogP contribution in [0.3, 0.4) is 0 Å². The summed E-state index contributed by atoms with van der Waals surface area (Å²) in [4.78, 5) is 0. The highest BCUT2D eigenvalue weighted by Crippen LogP contribution is 2.37. The van der Waals surface area contributed by atoms with Gasteiger partial charge in [-0.1, -0.05) is 36.4 Å². The highest BCUT2D eigenvalue weighted by Gasteiger charge is 2.21. The van der Waals surface area contributed by atoms with E-state index in [1.807, 2.05) is 23.9 Å². The molecular formula is C20H24OS. The van der Waals surface area contributed by atoms with Crippen molar-refractivity contribution >= 4 is 11.8 Å². The summed E-state index contributed by atoms with van der Waals surface area (Å²) in [5.74, 6) is 1.67. The lowest BCUT2D eigenvalue weighted by molar-refractivity contribution is 0.415. The van der Waals surface area contributed by atoms with Crippen LogP contribution in [0.4, 0.5) is 0 Å². The molecule has 2 aromatic rings. The molecule has 3 rings (SSSR count). The highest BCUT2D eigenvalue weighted by atomic mass is 32.2. The largest absolute Gasteiger partial charge is 0.497 e. The number of rotatable bonds is 4. The minimum atomic E-state index is 0.758. The second-order valence-electron chi connectivity index (χ2n) is 6.06. The Kier molecular flexibility index (Phi) is 5.09. The minimum Gasteiger partial charge on any atom is -0.497 e. The molecule has 0 bridgehead atoms. The van der Waals surface area contributed by atoms with Gasteiger partial charge < -0.3 is 4.74 Å². The second-order valence-corrected chi connectivity index (χ2v) is 7.20. The summed E-state index contributed by atoms with van der Waals surface area (Å²) >= 11 is 2.04. The quantitative estimate of drug-likeness (QED) is 0.710. The van der Waals surface area contributed by atoms with Crippen LogP contribution in [0.1, 0.15) is 37.2 Å². The van der Waals surface area contributed by atoms with Crippen LogP contribution in [0.2, 0.25) is 0 Å². The van der Waals surface area contributed by atoms with Crippen molar-refractivity contribution in [2.45, 2.75) is 36.9 Å². The maximum absolute atomic E-state index is 5.22. The second kappa shape index (κ2) is 7.23. The Labute approximate surface area is 138 Å². The fraction of sp³-hybridized carbons (Fsp3) is 0.400. The number of benzene rings is 2. The molecule has 0 amide bonds. The van der Waals surface area contributed by atoms with Gasteiger partial charge in [-0.25, -0.2) is 0 Å². The zero-order valence-corrected chi connectivity index (χ0v) is 14.2. The van der Waals surface area contributed by atoms with Gasteiger partial charge in [0.2, 0.25) is 0 Å². The van der Waals surface area contributed by atoms with Crippen molar-refractivity contribution in [3.05, 3.63) is 54.1 Å². The molecule has 0 spiro atoms. The first-order valence-electron chi connectivity index (χ1n) is 8.07. The third-order valence-electron chi connectivity index (χ3n) is 4.81. The van der Waals surface area contributed by atoms with Crippen LogP contribution >= 0.6 is 11.8 Å². The van der Waals surface area contributed by atoms with E-state index < -0.39 is 0 Å². The third kappa shape index (κ3) is 3.49. The molecule has 0 aromatic heterocycles. The Bertz CT molecular complexity index is 580. The molecule has 1 aliphatic rings. The molecule has 0 saturated heterocycles. The number of hydrogen-bond acceptors (Lipinski definition) is 2. The predicted molar refractivity (Wildman–Crippen MR) is 96.9 cm³/mol. The molecule has 1 nitrogen and oxygen atoms in total. The van der Waals surface area contributed by atoms with Gasteiger partial charge in [-0.2, -0.15) is 11.8 Å². The highest BCUT2D eigenvalue weighted by molar-refractivity contribution is 7.99. The van der Waals surface area contributed by atoms with Gasteiger partial charge in [0.1, 0.15) is 5.75 Å². The maximum Gasteiger partial charge on any atom is 0.118 e. The van der Waals surface area contributed by atoms with E-state index >= 15 is 0 Å². The first kappa shape index (κ1) is 15.5. The molecule has 0 atom stereocenters. The zero-order chi connectivity index (χ0) is 15.4. The average Bonchev–Trinajstić information content (AvgIpc) is 2.62. The standard InChI is InChI=1S/C20H24OS/c1-21-19-11-7-17(8-12-19)15-3-5-16(6-4-15)18-9-13-20(22-2)14-10-18/h3-8,11-12,18,20H,9-10,13-14H2,1-2H3. The lowest BCUT2D eigenvalue weighted by Crippen LogP contribution is -2.14.